The number of thiophene rings is 1. The van der Waals surface area contributed by atoms with Crippen LogP contribution in [-0.2, 0) is 5.75 Å². The van der Waals surface area contributed by atoms with Gasteiger partial charge in [0.2, 0.25) is 0 Å². The van der Waals surface area contributed by atoms with Crippen molar-refractivity contribution in [1.29, 1.82) is 0 Å². The van der Waals surface area contributed by atoms with E-state index in [1.807, 2.05) is 24.3 Å². The molecule has 1 aliphatic rings. The van der Waals surface area contributed by atoms with Crippen LogP contribution < -0.4 is 5.32 Å². The molecule has 0 bridgehead atoms. The van der Waals surface area contributed by atoms with Crippen molar-refractivity contribution in [3.05, 3.63) is 63.3 Å². The van der Waals surface area contributed by atoms with Crippen LogP contribution >= 0.6 is 34.4 Å². The minimum absolute atomic E-state index is 0.0824. The van der Waals surface area contributed by atoms with Crippen molar-refractivity contribution in [2.24, 2.45) is 0 Å². The summed E-state index contributed by atoms with van der Waals surface area (Å²) < 4.78 is 0. The van der Waals surface area contributed by atoms with Gasteiger partial charge < -0.3 is 0 Å². The van der Waals surface area contributed by atoms with E-state index in [0.717, 1.165) is 16.3 Å². The minimum Gasteiger partial charge on any atom is -0.298 e. The number of hydrogen-bond donors (Lipinski definition) is 1. The largest absolute Gasteiger partial charge is 0.298 e. The number of carbonyl (C=O) groups excluding carboxylic acids is 1. The van der Waals surface area contributed by atoms with Crippen molar-refractivity contribution in [2.45, 2.75) is 29.4 Å². The van der Waals surface area contributed by atoms with Crippen molar-refractivity contribution in [2.75, 3.05) is 5.32 Å². The number of benzene rings is 1. The standard InChI is InChI=1S/C18H16N2OS3/c21-17(20-18-19-15(11-24-18)12-7-8-12)14-5-1-2-6-16(14)23-10-13-4-3-9-22-13/h1-6,9,11-12H,7-8,10H2,(H,19,20,21). The first-order valence-corrected chi connectivity index (χ1v) is 10.5. The Balaban J connectivity index is 1.46. The zero-order valence-corrected chi connectivity index (χ0v) is 15.3. The van der Waals surface area contributed by atoms with Crippen LogP contribution in [0, 0.1) is 0 Å². The quantitative estimate of drug-likeness (QED) is 0.570. The maximum absolute atomic E-state index is 12.6. The fourth-order valence-electron chi connectivity index (χ4n) is 2.40. The first-order valence-electron chi connectivity index (χ1n) is 7.80. The van der Waals surface area contributed by atoms with Gasteiger partial charge in [-0.2, -0.15) is 0 Å². The van der Waals surface area contributed by atoms with Gasteiger partial charge in [0.15, 0.2) is 5.13 Å². The van der Waals surface area contributed by atoms with Gasteiger partial charge in [0.25, 0.3) is 5.91 Å². The molecular weight excluding hydrogens is 356 g/mol. The van der Waals surface area contributed by atoms with Crippen molar-refractivity contribution in [3.8, 4) is 0 Å². The van der Waals surface area contributed by atoms with Crippen LogP contribution in [0.4, 0.5) is 5.13 Å². The lowest BCUT2D eigenvalue weighted by atomic mass is 10.2. The third-order valence-corrected chi connectivity index (χ3v) is 6.78. The Morgan fingerprint density at radius 1 is 1.21 bits per heavy atom. The van der Waals surface area contributed by atoms with Crippen LogP contribution in [0.25, 0.3) is 0 Å². The second kappa shape index (κ2) is 7.09. The molecule has 3 aromatic rings. The molecule has 0 atom stereocenters. The monoisotopic (exact) mass is 372 g/mol. The first kappa shape index (κ1) is 15.9. The van der Waals surface area contributed by atoms with Gasteiger partial charge in [-0.1, -0.05) is 18.2 Å². The maximum Gasteiger partial charge on any atom is 0.258 e. The lowest BCUT2D eigenvalue weighted by Gasteiger charge is -2.08. The summed E-state index contributed by atoms with van der Waals surface area (Å²) in [7, 11) is 0. The van der Waals surface area contributed by atoms with Crippen molar-refractivity contribution in [3.63, 3.8) is 0 Å². The highest BCUT2D eigenvalue weighted by Gasteiger charge is 2.26. The van der Waals surface area contributed by atoms with Gasteiger partial charge in [0, 0.05) is 26.8 Å². The Morgan fingerprint density at radius 2 is 2.08 bits per heavy atom. The maximum atomic E-state index is 12.6. The van der Waals surface area contributed by atoms with Crippen molar-refractivity contribution in [1.82, 2.24) is 4.98 Å². The molecule has 0 radical (unpaired) electrons. The molecule has 24 heavy (non-hydrogen) atoms. The van der Waals surface area contributed by atoms with E-state index in [1.54, 1.807) is 23.1 Å². The van der Waals surface area contributed by atoms with Gasteiger partial charge in [-0.25, -0.2) is 4.98 Å². The summed E-state index contributed by atoms with van der Waals surface area (Å²) in [4.78, 5) is 19.5. The Bertz CT molecular complexity index is 838. The SMILES string of the molecule is O=C(Nc1nc(C2CC2)cs1)c1ccccc1SCc1cccs1. The molecule has 0 spiro atoms. The molecule has 1 aromatic carbocycles. The number of anilines is 1. The highest BCUT2D eigenvalue weighted by Crippen LogP contribution is 2.41. The van der Waals surface area contributed by atoms with E-state index >= 15 is 0 Å². The highest BCUT2D eigenvalue weighted by molar-refractivity contribution is 7.98. The molecule has 2 aromatic heterocycles. The van der Waals surface area contributed by atoms with Gasteiger partial charge >= 0.3 is 0 Å². The molecule has 1 amide bonds. The molecule has 1 saturated carbocycles. The fourth-order valence-corrected chi connectivity index (χ4v) is 5.01. The van der Waals surface area contributed by atoms with Gasteiger partial charge in [-0.3, -0.25) is 10.1 Å². The predicted molar refractivity (Wildman–Crippen MR) is 102 cm³/mol. The van der Waals surface area contributed by atoms with E-state index < -0.39 is 0 Å². The molecule has 6 heteroatoms. The van der Waals surface area contributed by atoms with E-state index in [-0.39, 0.29) is 5.91 Å². The third kappa shape index (κ3) is 3.71. The zero-order chi connectivity index (χ0) is 16.4. The Hall–Kier alpha value is -1.63. The van der Waals surface area contributed by atoms with E-state index in [2.05, 4.69) is 33.2 Å². The van der Waals surface area contributed by atoms with Crippen LogP contribution in [0.3, 0.4) is 0 Å². The smallest absolute Gasteiger partial charge is 0.258 e. The van der Waals surface area contributed by atoms with Crippen molar-refractivity contribution >= 4 is 45.5 Å². The lowest BCUT2D eigenvalue weighted by molar-refractivity contribution is 0.102. The molecule has 0 saturated heterocycles. The second-order valence-electron chi connectivity index (χ2n) is 5.67. The molecular formula is C18H16N2OS3. The predicted octanol–water partition coefficient (Wildman–Crippen LogP) is 5.63. The third-order valence-electron chi connectivity index (χ3n) is 3.82. The van der Waals surface area contributed by atoms with Gasteiger partial charge in [-0.15, -0.1) is 34.4 Å². The molecule has 1 fully saturated rings. The number of thioether (sulfide) groups is 1. The van der Waals surface area contributed by atoms with Gasteiger partial charge in [-0.05, 0) is 36.4 Å². The van der Waals surface area contributed by atoms with E-state index in [4.69, 9.17) is 0 Å². The topological polar surface area (TPSA) is 42.0 Å². The first-order chi connectivity index (χ1) is 11.8. The molecule has 122 valence electrons. The summed E-state index contributed by atoms with van der Waals surface area (Å²) in [6, 6.07) is 11.9. The normalized spacial score (nSPS) is 13.8. The van der Waals surface area contributed by atoms with Crippen molar-refractivity contribution < 1.29 is 4.79 Å². The molecule has 3 nitrogen and oxygen atoms in total. The van der Waals surface area contributed by atoms with E-state index in [0.29, 0.717) is 16.6 Å². The Labute approximate surface area is 153 Å². The number of carbonyl (C=O) groups is 1. The highest BCUT2D eigenvalue weighted by atomic mass is 32.2. The number of thiazole rings is 1. The summed E-state index contributed by atoms with van der Waals surface area (Å²) >= 11 is 4.95. The molecule has 1 aliphatic carbocycles. The van der Waals surface area contributed by atoms with Crippen LogP contribution in [0.5, 0.6) is 0 Å². The van der Waals surface area contributed by atoms with E-state index in [1.165, 1.54) is 29.1 Å². The number of hydrogen-bond acceptors (Lipinski definition) is 5. The van der Waals surface area contributed by atoms with Crippen LogP contribution in [0.15, 0.2) is 52.1 Å². The lowest BCUT2D eigenvalue weighted by Crippen LogP contribution is -2.12. The molecule has 0 aliphatic heterocycles. The zero-order valence-electron chi connectivity index (χ0n) is 12.9. The van der Waals surface area contributed by atoms with Crippen LogP contribution in [-0.4, -0.2) is 10.9 Å². The molecule has 0 unspecified atom stereocenters. The minimum atomic E-state index is -0.0824. The summed E-state index contributed by atoms with van der Waals surface area (Å²) in [5, 5.41) is 7.79. The number of aromatic nitrogens is 1. The molecule has 4 rings (SSSR count). The Morgan fingerprint density at radius 3 is 2.88 bits per heavy atom. The summed E-state index contributed by atoms with van der Waals surface area (Å²) in [6.07, 6.45) is 2.44. The number of nitrogens with zero attached hydrogens (tertiary/aromatic N) is 1. The second-order valence-corrected chi connectivity index (χ2v) is 8.58. The van der Waals surface area contributed by atoms with E-state index in [9.17, 15) is 4.79 Å². The summed E-state index contributed by atoms with van der Waals surface area (Å²) in [6.45, 7) is 0. The van der Waals surface area contributed by atoms with Gasteiger partial charge in [0.1, 0.15) is 0 Å². The number of nitrogens with one attached hydrogen (secondary N) is 1. The summed E-state index contributed by atoms with van der Waals surface area (Å²) in [5.41, 5.74) is 1.83. The molecule has 1 N–H and O–H groups in total. The van der Waals surface area contributed by atoms with Gasteiger partial charge in [0.05, 0.1) is 11.3 Å². The number of rotatable bonds is 6. The average Bonchev–Trinajstić information content (AvgIpc) is 3.12. The summed E-state index contributed by atoms with van der Waals surface area (Å²) in [5.74, 6) is 1.41. The Kier molecular flexibility index (Phi) is 4.69. The van der Waals surface area contributed by atoms with Crippen LogP contribution in [0.1, 0.15) is 39.7 Å². The average molecular weight is 373 g/mol. The molecule has 2 heterocycles. The van der Waals surface area contributed by atoms with Crippen LogP contribution in [0.2, 0.25) is 0 Å². The fraction of sp³-hybridized carbons (Fsp3) is 0.222. The number of amides is 1.